The van der Waals surface area contributed by atoms with Crippen LogP contribution in [0.5, 0.6) is 0 Å². The summed E-state index contributed by atoms with van der Waals surface area (Å²) in [7, 11) is 0. The lowest BCUT2D eigenvalue weighted by molar-refractivity contribution is -0.110. The maximum absolute atomic E-state index is 13.7. The molecule has 2 heterocycles. The molecule has 0 spiro atoms. The van der Waals surface area contributed by atoms with Gasteiger partial charge in [0.1, 0.15) is 11.5 Å². The van der Waals surface area contributed by atoms with Crippen molar-refractivity contribution in [3.05, 3.63) is 63.9 Å². The van der Waals surface area contributed by atoms with E-state index in [1.165, 1.54) is 17.8 Å². The fraction of sp³-hybridized carbons (Fsp3) is 0.0588. The van der Waals surface area contributed by atoms with Gasteiger partial charge in [0.2, 0.25) is 11.1 Å². The summed E-state index contributed by atoms with van der Waals surface area (Å²) in [5.74, 6) is 0.0615. The van der Waals surface area contributed by atoms with E-state index in [-0.39, 0.29) is 23.4 Å². The van der Waals surface area contributed by atoms with Crippen LogP contribution in [-0.4, -0.2) is 26.8 Å². The zero-order valence-electron chi connectivity index (χ0n) is 13.2. The summed E-state index contributed by atoms with van der Waals surface area (Å²) in [6.07, 6.45) is 0. The average Bonchev–Trinajstić information content (AvgIpc) is 3.19. The predicted octanol–water partition coefficient (Wildman–Crippen LogP) is 4.07. The first kappa shape index (κ1) is 16.9. The van der Waals surface area contributed by atoms with Crippen LogP contribution in [0.25, 0.3) is 0 Å². The van der Waals surface area contributed by atoms with Crippen LogP contribution in [0.1, 0.15) is 11.1 Å². The topological polar surface area (TPSA) is 83.0 Å². The van der Waals surface area contributed by atoms with Crippen LogP contribution in [0.3, 0.4) is 0 Å². The molecule has 2 aromatic carbocycles. The number of fused-ring (bicyclic) bond motifs is 1. The molecule has 0 fully saturated rings. The Hall–Kier alpha value is -2.52. The standard InChI is InChI=1S/C17H11BrFN5OS/c18-10-5-6-13-11(7-10)14(15(25)20-13)21-16-22-17(24-23-16)26-8-9-3-1-2-4-12(9)19/h1-7H,8H2,(H2,20,21,22,23,24,25). The Morgan fingerprint density at radius 2 is 2.08 bits per heavy atom. The lowest BCUT2D eigenvalue weighted by Crippen LogP contribution is -2.14. The van der Waals surface area contributed by atoms with Crippen molar-refractivity contribution >= 4 is 50.9 Å². The first-order valence-corrected chi connectivity index (χ1v) is 9.36. The number of amides is 1. The minimum absolute atomic E-state index is 0.221. The smallest absolute Gasteiger partial charge is 0.275 e. The number of hydrogen-bond donors (Lipinski definition) is 2. The van der Waals surface area contributed by atoms with Crippen molar-refractivity contribution in [3.63, 3.8) is 0 Å². The van der Waals surface area contributed by atoms with Gasteiger partial charge in [0.15, 0.2) is 0 Å². The Labute approximate surface area is 160 Å². The number of nitrogens with one attached hydrogen (secondary N) is 2. The molecule has 1 aliphatic heterocycles. The number of H-pyrrole nitrogens is 1. The predicted molar refractivity (Wildman–Crippen MR) is 101 cm³/mol. The first-order valence-electron chi connectivity index (χ1n) is 7.59. The van der Waals surface area contributed by atoms with E-state index in [2.05, 4.69) is 41.4 Å². The molecule has 1 aromatic heterocycles. The lowest BCUT2D eigenvalue weighted by Gasteiger charge is -1.99. The Bertz CT molecular complexity index is 1040. The highest BCUT2D eigenvalue weighted by atomic mass is 79.9. The van der Waals surface area contributed by atoms with Gasteiger partial charge in [-0.25, -0.2) is 14.5 Å². The number of rotatable bonds is 4. The molecule has 0 unspecified atom stereocenters. The van der Waals surface area contributed by atoms with E-state index in [1.807, 2.05) is 12.1 Å². The van der Waals surface area contributed by atoms with Crippen LogP contribution in [0.15, 0.2) is 57.1 Å². The van der Waals surface area contributed by atoms with Gasteiger partial charge in [-0.05, 0) is 29.8 Å². The molecule has 6 nitrogen and oxygen atoms in total. The number of aromatic nitrogens is 3. The molecule has 130 valence electrons. The van der Waals surface area contributed by atoms with E-state index < -0.39 is 0 Å². The SMILES string of the molecule is O=C1Nc2ccc(Br)cc2/C1=N/c1nc(SCc2ccccc2F)n[nH]1. The van der Waals surface area contributed by atoms with Gasteiger partial charge < -0.3 is 5.32 Å². The fourth-order valence-corrected chi connectivity index (χ4v) is 3.59. The summed E-state index contributed by atoms with van der Waals surface area (Å²) in [5, 5.41) is 9.94. The largest absolute Gasteiger partial charge is 0.320 e. The highest BCUT2D eigenvalue weighted by molar-refractivity contribution is 9.10. The zero-order valence-corrected chi connectivity index (χ0v) is 15.6. The Morgan fingerprint density at radius 3 is 2.92 bits per heavy atom. The van der Waals surface area contributed by atoms with Crippen LogP contribution in [0.2, 0.25) is 0 Å². The fourth-order valence-electron chi connectivity index (χ4n) is 2.45. The number of benzene rings is 2. The third-order valence-corrected chi connectivity index (χ3v) is 5.07. The monoisotopic (exact) mass is 431 g/mol. The minimum atomic E-state index is -0.296. The number of anilines is 1. The normalized spacial score (nSPS) is 14.5. The molecule has 0 aliphatic carbocycles. The van der Waals surface area contributed by atoms with Crippen molar-refractivity contribution in [1.29, 1.82) is 0 Å². The van der Waals surface area contributed by atoms with Gasteiger partial charge >= 0.3 is 0 Å². The van der Waals surface area contributed by atoms with Gasteiger partial charge in [-0.1, -0.05) is 45.9 Å². The van der Waals surface area contributed by atoms with Crippen molar-refractivity contribution in [1.82, 2.24) is 15.2 Å². The van der Waals surface area contributed by atoms with Gasteiger partial charge in [-0.15, -0.1) is 5.10 Å². The van der Waals surface area contributed by atoms with Crippen molar-refractivity contribution in [2.45, 2.75) is 10.9 Å². The van der Waals surface area contributed by atoms with Crippen LogP contribution in [-0.2, 0) is 10.5 Å². The Balaban J connectivity index is 1.54. The summed E-state index contributed by atoms with van der Waals surface area (Å²) in [6.45, 7) is 0. The highest BCUT2D eigenvalue weighted by Crippen LogP contribution is 2.28. The van der Waals surface area contributed by atoms with Crippen LogP contribution in [0.4, 0.5) is 16.0 Å². The first-order chi connectivity index (χ1) is 12.6. The van der Waals surface area contributed by atoms with Crippen molar-refractivity contribution < 1.29 is 9.18 Å². The molecule has 9 heteroatoms. The van der Waals surface area contributed by atoms with Crippen LogP contribution < -0.4 is 5.32 Å². The lowest BCUT2D eigenvalue weighted by atomic mass is 10.1. The minimum Gasteiger partial charge on any atom is -0.320 e. The number of hydrogen-bond acceptors (Lipinski definition) is 5. The van der Waals surface area contributed by atoms with Gasteiger partial charge in [0.05, 0.1) is 5.69 Å². The molecule has 3 aromatic rings. The van der Waals surface area contributed by atoms with Gasteiger partial charge in [0, 0.05) is 15.8 Å². The maximum Gasteiger partial charge on any atom is 0.275 e. The van der Waals surface area contributed by atoms with E-state index in [9.17, 15) is 9.18 Å². The number of carbonyl (C=O) groups is 1. The quantitative estimate of drug-likeness (QED) is 0.609. The third kappa shape index (κ3) is 3.40. The van der Waals surface area contributed by atoms with Gasteiger partial charge in [-0.2, -0.15) is 4.98 Å². The van der Waals surface area contributed by atoms with Gasteiger partial charge in [0.25, 0.3) is 5.91 Å². The molecule has 2 N–H and O–H groups in total. The Kier molecular flexibility index (Phi) is 4.56. The molecule has 0 bridgehead atoms. The summed E-state index contributed by atoms with van der Waals surface area (Å²) in [5.41, 5.74) is 2.24. The number of thioether (sulfide) groups is 1. The van der Waals surface area contributed by atoms with Crippen LogP contribution >= 0.6 is 27.7 Å². The third-order valence-electron chi connectivity index (χ3n) is 3.69. The van der Waals surface area contributed by atoms with Crippen molar-refractivity contribution in [3.8, 4) is 0 Å². The molecule has 1 aliphatic rings. The molecular weight excluding hydrogens is 421 g/mol. The van der Waals surface area contributed by atoms with E-state index in [1.54, 1.807) is 24.3 Å². The summed E-state index contributed by atoms with van der Waals surface area (Å²) < 4.78 is 14.5. The molecular formula is C17H11BrFN5OS. The molecule has 1 amide bonds. The van der Waals surface area contributed by atoms with E-state index >= 15 is 0 Å². The summed E-state index contributed by atoms with van der Waals surface area (Å²) >= 11 is 4.67. The van der Waals surface area contributed by atoms with E-state index in [0.717, 1.165) is 4.47 Å². The zero-order chi connectivity index (χ0) is 18.1. The van der Waals surface area contributed by atoms with E-state index in [0.29, 0.717) is 27.7 Å². The van der Waals surface area contributed by atoms with E-state index in [4.69, 9.17) is 0 Å². The van der Waals surface area contributed by atoms with Crippen LogP contribution in [0, 0.1) is 5.82 Å². The number of nitrogens with zero attached hydrogens (tertiary/aromatic N) is 3. The highest BCUT2D eigenvalue weighted by Gasteiger charge is 2.26. The summed E-state index contributed by atoms with van der Waals surface area (Å²) in [6, 6.07) is 12.0. The molecule has 0 saturated carbocycles. The second kappa shape index (κ2) is 7.00. The maximum atomic E-state index is 13.7. The van der Waals surface area contributed by atoms with Gasteiger partial charge in [-0.3, -0.25) is 4.79 Å². The second-order valence-corrected chi connectivity index (χ2v) is 7.28. The average molecular weight is 432 g/mol. The molecule has 0 radical (unpaired) electrons. The second-order valence-electron chi connectivity index (χ2n) is 5.43. The molecule has 4 rings (SSSR count). The number of carbonyl (C=O) groups excluding carboxylic acids is 1. The van der Waals surface area contributed by atoms with Crippen molar-refractivity contribution in [2.24, 2.45) is 4.99 Å². The number of aliphatic imine (C=N–C) groups is 1. The number of aromatic amines is 1. The van der Waals surface area contributed by atoms with Crippen molar-refractivity contribution in [2.75, 3.05) is 5.32 Å². The molecule has 0 atom stereocenters. The number of halogens is 2. The molecule has 0 saturated heterocycles. The summed E-state index contributed by atoms with van der Waals surface area (Å²) in [4.78, 5) is 20.7. The Morgan fingerprint density at radius 1 is 1.23 bits per heavy atom. The molecule has 26 heavy (non-hydrogen) atoms.